The van der Waals surface area contributed by atoms with Crippen LogP contribution in [0.1, 0.15) is 27.4 Å². The summed E-state index contributed by atoms with van der Waals surface area (Å²) in [6.07, 6.45) is -3.98. The number of benzene rings is 1. The molecule has 0 atom stereocenters. The lowest BCUT2D eigenvalue weighted by Gasteiger charge is -2.13. The van der Waals surface area contributed by atoms with Crippen LogP contribution in [-0.4, -0.2) is 24.5 Å². The van der Waals surface area contributed by atoms with E-state index >= 15 is 0 Å². The standard InChI is InChI=1S/C17H21F3N4S.HI/c1-11-4-5-13(12(2)8-11)9-23-16(21-3)22-7-6-15-24-14(10-25-15)17(18,19)20;/h4-5,8,10H,6-7,9H2,1-3H3,(H2,21,22,23);1H. The maximum atomic E-state index is 12.5. The number of hydrogen-bond donors (Lipinski definition) is 2. The molecule has 9 heteroatoms. The number of aromatic nitrogens is 1. The smallest absolute Gasteiger partial charge is 0.356 e. The van der Waals surface area contributed by atoms with Gasteiger partial charge in [-0.1, -0.05) is 23.8 Å². The maximum absolute atomic E-state index is 12.5. The zero-order chi connectivity index (χ0) is 18.4. The van der Waals surface area contributed by atoms with Crippen molar-refractivity contribution in [3.8, 4) is 0 Å². The van der Waals surface area contributed by atoms with Crippen LogP contribution in [0.2, 0.25) is 0 Å². The van der Waals surface area contributed by atoms with Gasteiger partial charge in [0.2, 0.25) is 0 Å². The molecule has 0 aliphatic carbocycles. The molecule has 0 fully saturated rings. The first-order valence-electron chi connectivity index (χ1n) is 7.82. The minimum atomic E-state index is -4.38. The Kier molecular flexibility index (Phi) is 8.81. The number of halogens is 4. The highest BCUT2D eigenvalue weighted by Gasteiger charge is 2.33. The first kappa shape index (κ1) is 22.7. The monoisotopic (exact) mass is 498 g/mol. The molecular weight excluding hydrogens is 476 g/mol. The molecule has 2 aromatic rings. The van der Waals surface area contributed by atoms with Crippen LogP contribution in [0.25, 0.3) is 0 Å². The van der Waals surface area contributed by atoms with Gasteiger partial charge >= 0.3 is 6.18 Å². The maximum Gasteiger partial charge on any atom is 0.434 e. The van der Waals surface area contributed by atoms with E-state index in [4.69, 9.17) is 0 Å². The second kappa shape index (κ2) is 10.1. The van der Waals surface area contributed by atoms with Crippen LogP contribution in [0.4, 0.5) is 13.2 Å². The number of alkyl halides is 3. The number of rotatable bonds is 5. The molecule has 0 amide bonds. The van der Waals surface area contributed by atoms with Crippen LogP contribution in [0.5, 0.6) is 0 Å². The summed E-state index contributed by atoms with van der Waals surface area (Å²) in [4.78, 5) is 7.73. The van der Waals surface area contributed by atoms with Crippen LogP contribution < -0.4 is 10.6 Å². The first-order chi connectivity index (χ1) is 11.8. The van der Waals surface area contributed by atoms with E-state index in [0.717, 1.165) is 16.7 Å². The molecule has 0 saturated heterocycles. The Balaban J connectivity index is 0.00000338. The molecule has 1 aromatic heterocycles. The van der Waals surface area contributed by atoms with E-state index in [1.165, 1.54) is 16.7 Å². The fraction of sp³-hybridized carbons (Fsp3) is 0.412. The van der Waals surface area contributed by atoms with Crippen molar-refractivity contribution in [1.82, 2.24) is 15.6 Å². The molecule has 1 heterocycles. The molecule has 0 radical (unpaired) electrons. The summed E-state index contributed by atoms with van der Waals surface area (Å²) in [5.74, 6) is 0.604. The predicted octanol–water partition coefficient (Wildman–Crippen LogP) is 4.30. The summed E-state index contributed by atoms with van der Waals surface area (Å²) in [6.45, 7) is 5.19. The molecule has 1 aromatic carbocycles. The highest BCUT2D eigenvalue weighted by Crippen LogP contribution is 2.29. The molecule has 2 N–H and O–H groups in total. The minimum absolute atomic E-state index is 0. The minimum Gasteiger partial charge on any atom is -0.356 e. The van der Waals surface area contributed by atoms with Gasteiger partial charge in [0.15, 0.2) is 11.7 Å². The number of hydrogen-bond acceptors (Lipinski definition) is 3. The van der Waals surface area contributed by atoms with E-state index in [1.54, 1.807) is 7.05 Å². The van der Waals surface area contributed by atoms with Crippen LogP contribution in [-0.2, 0) is 19.1 Å². The normalized spacial score (nSPS) is 11.8. The van der Waals surface area contributed by atoms with E-state index in [9.17, 15) is 13.2 Å². The lowest BCUT2D eigenvalue weighted by Crippen LogP contribution is -2.38. The van der Waals surface area contributed by atoms with Crippen molar-refractivity contribution in [2.45, 2.75) is 33.0 Å². The van der Waals surface area contributed by atoms with Crippen molar-refractivity contribution in [3.63, 3.8) is 0 Å². The van der Waals surface area contributed by atoms with Gasteiger partial charge in [0.25, 0.3) is 0 Å². The van der Waals surface area contributed by atoms with Gasteiger partial charge in [-0.2, -0.15) is 13.2 Å². The Morgan fingerprint density at radius 2 is 1.96 bits per heavy atom. The molecule has 26 heavy (non-hydrogen) atoms. The molecule has 4 nitrogen and oxygen atoms in total. The summed E-state index contributed by atoms with van der Waals surface area (Å²) in [5.41, 5.74) is 2.75. The third-order valence-electron chi connectivity index (χ3n) is 3.64. The van der Waals surface area contributed by atoms with Crippen LogP contribution in [0.15, 0.2) is 28.6 Å². The Labute approximate surface area is 172 Å². The SMILES string of the molecule is CN=C(NCCc1nc(C(F)(F)F)cs1)NCc1ccc(C)cc1C.I. The van der Waals surface area contributed by atoms with Gasteiger partial charge in [-0.15, -0.1) is 35.3 Å². The van der Waals surface area contributed by atoms with Crippen molar-refractivity contribution in [1.29, 1.82) is 0 Å². The van der Waals surface area contributed by atoms with Crippen LogP contribution in [0, 0.1) is 13.8 Å². The fourth-order valence-corrected chi connectivity index (χ4v) is 3.09. The summed E-state index contributed by atoms with van der Waals surface area (Å²) in [7, 11) is 1.66. The number of aliphatic imine (C=N–C) groups is 1. The predicted molar refractivity (Wildman–Crippen MR) is 110 cm³/mol. The number of aryl methyl sites for hydroxylation is 2. The topological polar surface area (TPSA) is 49.3 Å². The van der Waals surface area contributed by atoms with Crippen molar-refractivity contribution < 1.29 is 13.2 Å². The van der Waals surface area contributed by atoms with Gasteiger partial charge in [0.05, 0.1) is 5.01 Å². The van der Waals surface area contributed by atoms with E-state index in [1.807, 2.05) is 6.92 Å². The van der Waals surface area contributed by atoms with Crippen molar-refractivity contribution >= 4 is 41.3 Å². The van der Waals surface area contributed by atoms with E-state index in [-0.39, 0.29) is 24.0 Å². The Morgan fingerprint density at radius 3 is 2.54 bits per heavy atom. The van der Waals surface area contributed by atoms with Gasteiger partial charge in [-0.3, -0.25) is 4.99 Å². The highest BCUT2D eigenvalue weighted by atomic mass is 127. The van der Waals surface area contributed by atoms with Crippen LogP contribution in [0.3, 0.4) is 0 Å². The molecule has 0 spiro atoms. The van der Waals surface area contributed by atoms with Gasteiger partial charge in [-0.05, 0) is 25.0 Å². The zero-order valence-electron chi connectivity index (χ0n) is 14.8. The van der Waals surface area contributed by atoms with Crippen molar-refractivity contribution in [2.75, 3.05) is 13.6 Å². The van der Waals surface area contributed by atoms with E-state index < -0.39 is 11.9 Å². The molecule has 0 aliphatic rings. The zero-order valence-corrected chi connectivity index (χ0v) is 17.9. The summed E-state index contributed by atoms with van der Waals surface area (Å²) in [5, 5.41) is 7.79. The molecular formula is C17H22F3IN4S. The van der Waals surface area contributed by atoms with Gasteiger partial charge < -0.3 is 10.6 Å². The lowest BCUT2D eigenvalue weighted by molar-refractivity contribution is -0.140. The third-order valence-corrected chi connectivity index (χ3v) is 4.55. The Bertz CT molecular complexity index is 744. The summed E-state index contributed by atoms with van der Waals surface area (Å²) < 4.78 is 37.6. The summed E-state index contributed by atoms with van der Waals surface area (Å²) >= 11 is 1.02. The Hall–Kier alpha value is -1.36. The number of nitrogens with one attached hydrogen (secondary N) is 2. The third kappa shape index (κ3) is 6.75. The fourth-order valence-electron chi connectivity index (χ4n) is 2.29. The lowest BCUT2D eigenvalue weighted by atomic mass is 10.1. The number of nitrogens with zero attached hydrogens (tertiary/aromatic N) is 2. The van der Waals surface area contributed by atoms with Gasteiger partial charge in [0.1, 0.15) is 0 Å². The largest absolute Gasteiger partial charge is 0.434 e. The van der Waals surface area contributed by atoms with Crippen molar-refractivity contribution in [2.24, 2.45) is 4.99 Å². The highest BCUT2D eigenvalue weighted by molar-refractivity contribution is 14.0. The average molecular weight is 498 g/mol. The molecule has 0 saturated carbocycles. The van der Waals surface area contributed by atoms with E-state index in [0.29, 0.717) is 30.5 Å². The molecule has 2 rings (SSSR count). The first-order valence-corrected chi connectivity index (χ1v) is 8.70. The molecule has 0 unspecified atom stereocenters. The molecule has 0 aliphatic heterocycles. The molecule has 144 valence electrons. The van der Waals surface area contributed by atoms with Gasteiger partial charge in [-0.25, -0.2) is 4.98 Å². The Morgan fingerprint density at radius 1 is 1.23 bits per heavy atom. The molecule has 0 bridgehead atoms. The average Bonchev–Trinajstić information content (AvgIpc) is 3.01. The van der Waals surface area contributed by atoms with Crippen molar-refractivity contribution in [3.05, 3.63) is 51.0 Å². The number of thiazole rings is 1. The van der Waals surface area contributed by atoms with Crippen LogP contribution >= 0.6 is 35.3 Å². The second-order valence-electron chi connectivity index (χ2n) is 5.66. The van der Waals surface area contributed by atoms with Gasteiger partial charge in [0, 0.05) is 31.9 Å². The quantitative estimate of drug-likeness (QED) is 0.367. The van der Waals surface area contributed by atoms with E-state index in [2.05, 4.69) is 45.7 Å². The summed E-state index contributed by atoms with van der Waals surface area (Å²) in [6, 6.07) is 6.24. The second-order valence-corrected chi connectivity index (χ2v) is 6.60. The number of guanidine groups is 1.